The molecule has 3 nitrogen and oxygen atoms in total. The van der Waals surface area contributed by atoms with Gasteiger partial charge in [0.15, 0.2) is 0 Å². The van der Waals surface area contributed by atoms with E-state index in [0.29, 0.717) is 11.1 Å². The topological polar surface area (TPSA) is 60.5 Å². The number of hydrogen-bond acceptors (Lipinski definition) is 3. The highest BCUT2D eigenvalue weighted by molar-refractivity contribution is 6.30. The van der Waals surface area contributed by atoms with E-state index in [2.05, 4.69) is 41.4 Å². The molecule has 118 valence electrons. The van der Waals surface area contributed by atoms with Gasteiger partial charge in [0.1, 0.15) is 12.1 Å². The summed E-state index contributed by atoms with van der Waals surface area (Å²) in [7, 11) is 0. The maximum atomic E-state index is 9.49. The summed E-state index contributed by atoms with van der Waals surface area (Å²) in [6.07, 6.45) is 1.79. The van der Waals surface area contributed by atoms with E-state index in [-0.39, 0.29) is 0 Å². The summed E-state index contributed by atoms with van der Waals surface area (Å²) < 4.78 is 0. The number of rotatable bonds is 0. The lowest BCUT2D eigenvalue weighted by atomic mass is 9.91. The lowest BCUT2D eigenvalue weighted by Gasteiger charge is -2.13. The van der Waals surface area contributed by atoms with Crippen LogP contribution < -0.4 is 0 Å². The van der Waals surface area contributed by atoms with E-state index in [1.807, 2.05) is 36.4 Å². The summed E-state index contributed by atoms with van der Waals surface area (Å²) >= 11 is 0. The van der Waals surface area contributed by atoms with E-state index in [0.717, 1.165) is 43.2 Å². The summed E-state index contributed by atoms with van der Waals surface area (Å²) in [5.74, 6) is 0. The Kier molecular flexibility index (Phi) is 2.92. The average Bonchev–Trinajstić information content (AvgIpc) is 2.72. The Morgan fingerprint density at radius 2 is 1.38 bits per heavy atom. The normalized spacial score (nSPS) is 11.0. The van der Waals surface area contributed by atoms with Crippen molar-refractivity contribution in [3.05, 3.63) is 78.0 Å². The molecule has 0 fully saturated rings. The predicted molar refractivity (Wildman–Crippen MR) is 104 cm³/mol. The first-order valence-corrected chi connectivity index (χ1v) is 8.28. The van der Waals surface area contributed by atoms with Gasteiger partial charge in [0.2, 0.25) is 0 Å². The molecule has 0 N–H and O–H groups in total. The highest BCUT2D eigenvalue weighted by atomic mass is 14.6. The third kappa shape index (κ3) is 1.83. The van der Waals surface area contributed by atoms with Crippen molar-refractivity contribution in [1.29, 1.82) is 10.5 Å². The van der Waals surface area contributed by atoms with Crippen LogP contribution >= 0.6 is 0 Å². The Morgan fingerprint density at radius 3 is 2.19 bits per heavy atom. The fourth-order valence-electron chi connectivity index (χ4n) is 3.81. The maximum Gasteiger partial charge on any atom is 0.101 e. The molecule has 3 heteroatoms. The smallest absolute Gasteiger partial charge is 0.101 e. The van der Waals surface area contributed by atoms with Gasteiger partial charge in [-0.1, -0.05) is 42.5 Å². The van der Waals surface area contributed by atoms with Crippen LogP contribution in [0.5, 0.6) is 0 Å². The molecule has 4 aromatic carbocycles. The number of fused-ring (bicyclic) bond motifs is 8. The lowest BCUT2D eigenvalue weighted by Crippen LogP contribution is -1.90. The fourth-order valence-corrected chi connectivity index (χ4v) is 3.81. The van der Waals surface area contributed by atoms with E-state index in [9.17, 15) is 10.5 Å². The Hall–Kier alpha value is -3.95. The molecule has 0 atom stereocenters. The van der Waals surface area contributed by atoms with Crippen molar-refractivity contribution >= 4 is 43.2 Å². The van der Waals surface area contributed by atoms with Crippen LogP contribution in [0.2, 0.25) is 0 Å². The molecule has 0 aliphatic rings. The van der Waals surface area contributed by atoms with Crippen LogP contribution in [0.1, 0.15) is 11.1 Å². The van der Waals surface area contributed by atoms with Crippen LogP contribution in [-0.2, 0) is 0 Å². The zero-order chi connectivity index (χ0) is 17.7. The number of pyridine rings is 1. The first-order valence-electron chi connectivity index (χ1n) is 8.28. The lowest BCUT2D eigenvalue weighted by molar-refractivity contribution is 1.43. The minimum absolute atomic E-state index is 0.393. The second kappa shape index (κ2) is 5.28. The zero-order valence-corrected chi connectivity index (χ0v) is 13.7. The molecule has 0 saturated carbocycles. The van der Waals surface area contributed by atoms with Gasteiger partial charge in [0, 0.05) is 17.0 Å². The van der Waals surface area contributed by atoms with Gasteiger partial charge in [-0.05, 0) is 45.1 Å². The van der Waals surface area contributed by atoms with Gasteiger partial charge in [0.25, 0.3) is 0 Å². The number of nitriles is 2. The van der Waals surface area contributed by atoms with Gasteiger partial charge in [-0.2, -0.15) is 10.5 Å². The molecule has 0 spiro atoms. The largest absolute Gasteiger partial charge is 0.256 e. The first-order chi connectivity index (χ1) is 12.8. The van der Waals surface area contributed by atoms with Crippen molar-refractivity contribution in [3.63, 3.8) is 0 Å². The molecule has 0 amide bonds. The molecule has 0 radical (unpaired) electrons. The summed E-state index contributed by atoms with van der Waals surface area (Å²) in [5, 5.41) is 26.3. The van der Waals surface area contributed by atoms with Gasteiger partial charge in [-0.15, -0.1) is 0 Å². The summed E-state index contributed by atoms with van der Waals surface area (Å²) in [6.45, 7) is 0. The number of aromatic nitrogens is 1. The molecule has 0 aliphatic heterocycles. The van der Waals surface area contributed by atoms with Crippen LogP contribution in [0.3, 0.4) is 0 Å². The number of nitrogens with zero attached hydrogens (tertiary/aromatic N) is 3. The third-order valence-electron chi connectivity index (χ3n) is 4.95. The van der Waals surface area contributed by atoms with E-state index in [4.69, 9.17) is 0 Å². The molecule has 0 bridgehead atoms. The minimum Gasteiger partial charge on any atom is -0.256 e. The monoisotopic (exact) mass is 329 g/mol. The highest BCUT2D eigenvalue weighted by Crippen LogP contribution is 2.38. The Labute approximate surface area is 149 Å². The SMILES string of the molecule is N#Cc1cc2c3cccnc3c3ccc4ccccc4c3c2cc1C#N. The highest BCUT2D eigenvalue weighted by Gasteiger charge is 2.14. The van der Waals surface area contributed by atoms with Gasteiger partial charge in [0.05, 0.1) is 16.6 Å². The molecule has 1 aromatic heterocycles. The van der Waals surface area contributed by atoms with E-state index < -0.39 is 0 Å². The molecule has 5 aromatic rings. The first kappa shape index (κ1) is 14.4. The molecular weight excluding hydrogens is 318 g/mol. The van der Waals surface area contributed by atoms with E-state index in [1.165, 1.54) is 0 Å². The van der Waals surface area contributed by atoms with Crippen molar-refractivity contribution in [1.82, 2.24) is 4.98 Å². The Morgan fingerprint density at radius 1 is 0.654 bits per heavy atom. The van der Waals surface area contributed by atoms with Crippen LogP contribution in [0.4, 0.5) is 0 Å². The molecule has 0 unspecified atom stereocenters. The van der Waals surface area contributed by atoms with Crippen molar-refractivity contribution in [3.8, 4) is 12.1 Å². The second-order valence-electron chi connectivity index (χ2n) is 6.28. The van der Waals surface area contributed by atoms with Gasteiger partial charge in [-0.3, -0.25) is 4.98 Å². The fraction of sp³-hybridized carbons (Fsp3) is 0. The molecule has 1 heterocycles. The standard InChI is InChI=1S/C23H11N3/c24-12-15-10-20-18-6-3-9-26-23(18)19-8-7-14-4-1-2-5-17(14)22(19)21(20)11-16(15)13-25/h1-11H. The molecule has 0 aliphatic carbocycles. The summed E-state index contributed by atoms with van der Waals surface area (Å²) in [5.41, 5.74) is 1.71. The number of benzene rings is 4. The van der Waals surface area contributed by atoms with Crippen molar-refractivity contribution in [2.24, 2.45) is 0 Å². The molecule has 5 rings (SSSR count). The van der Waals surface area contributed by atoms with Crippen LogP contribution in [-0.4, -0.2) is 4.98 Å². The van der Waals surface area contributed by atoms with Crippen LogP contribution in [0, 0.1) is 22.7 Å². The van der Waals surface area contributed by atoms with Crippen LogP contribution in [0.25, 0.3) is 43.2 Å². The molecule has 0 saturated heterocycles. The zero-order valence-electron chi connectivity index (χ0n) is 13.7. The second-order valence-corrected chi connectivity index (χ2v) is 6.28. The van der Waals surface area contributed by atoms with Gasteiger partial charge < -0.3 is 0 Å². The quantitative estimate of drug-likeness (QED) is 0.355. The maximum absolute atomic E-state index is 9.49. The molecule has 26 heavy (non-hydrogen) atoms. The van der Waals surface area contributed by atoms with Gasteiger partial charge in [-0.25, -0.2) is 0 Å². The Balaban J connectivity index is 2.20. The third-order valence-corrected chi connectivity index (χ3v) is 4.95. The van der Waals surface area contributed by atoms with E-state index >= 15 is 0 Å². The van der Waals surface area contributed by atoms with Crippen molar-refractivity contribution < 1.29 is 0 Å². The number of hydrogen-bond donors (Lipinski definition) is 0. The summed E-state index contributed by atoms with van der Waals surface area (Å²) in [4.78, 5) is 4.62. The summed E-state index contributed by atoms with van der Waals surface area (Å²) in [6, 6.07) is 24.3. The molecular formula is C23H11N3. The van der Waals surface area contributed by atoms with Crippen molar-refractivity contribution in [2.45, 2.75) is 0 Å². The average molecular weight is 329 g/mol. The van der Waals surface area contributed by atoms with Crippen molar-refractivity contribution in [2.75, 3.05) is 0 Å². The minimum atomic E-state index is 0.393. The predicted octanol–water partition coefficient (Wildman–Crippen LogP) is 5.44. The van der Waals surface area contributed by atoms with E-state index in [1.54, 1.807) is 6.20 Å². The van der Waals surface area contributed by atoms with Crippen LogP contribution in [0.15, 0.2) is 66.9 Å². The van der Waals surface area contributed by atoms with Gasteiger partial charge >= 0.3 is 0 Å². The Bertz CT molecular complexity index is 1440.